The summed E-state index contributed by atoms with van der Waals surface area (Å²) in [6, 6.07) is 15.0. The van der Waals surface area contributed by atoms with Crippen LogP contribution in [0.25, 0.3) is 10.9 Å². The zero-order valence-corrected chi connectivity index (χ0v) is 19.3. The molecule has 6 nitrogen and oxygen atoms in total. The van der Waals surface area contributed by atoms with Crippen molar-refractivity contribution in [3.8, 4) is 0 Å². The number of carbonyl (C=O) groups is 1. The smallest absolute Gasteiger partial charge is 0.262 e. The standard InChI is InChI=1S/C24H25N3O3S2/c1-2-14-31-21-12-6-5-11-20(21)25-22(28)16-32-24-26-19-10-4-3-9-18(19)23(29)27(24)15-17-8-7-13-30-17/h2-6,9-12,17H,1,7-8,13-16H2,(H,25,28). The van der Waals surface area contributed by atoms with Crippen LogP contribution in [0.1, 0.15) is 12.8 Å². The average molecular weight is 468 g/mol. The van der Waals surface area contributed by atoms with Gasteiger partial charge in [-0.15, -0.1) is 18.3 Å². The van der Waals surface area contributed by atoms with Gasteiger partial charge in [-0.1, -0.05) is 42.1 Å². The fourth-order valence-electron chi connectivity index (χ4n) is 3.57. The first-order chi connectivity index (χ1) is 15.7. The molecule has 166 valence electrons. The number of aromatic nitrogens is 2. The first-order valence-corrected chi connectivity index (χ1v) is 12.5. The van der Waals surface area contributed by atoms with Gasteiger partial charge in [0.15, 0.2) is 5.16 Å². The fourth-order valence-corrected chi connectivity index (χ4v) is 5.13. The van der Waals surface area contributed by atoms with Gasteiger partial charge in [0, 0.05) is 17.3 Å². The minimum Gasteiger partial charge on any atom is -0.376 e. The summed E-state index contributed by atoms with van der Waals surface area (Å²) in [4.78, 5) is 31.6. The van der Waals surface area contributed by atoms with Gasteiger partial charge in [-0.3, -0.25) is 14.2 Å². The number of rotatable bonds is 9. The van der Waals surface area contributed by atoms with Gasteiger partial charge < -0.3 is 10.1 Å². The highest BCUT2D eigenvalue weighted by atomic mass is 32.2. The van der Waals surface area contributed by atoms with E-state index in [9.17, 15) is 9.59 Å². The van der Waals surface area contributed by atoms with Crippen LogP contribution in [0.2, 0.25) is 0 Å². The van der Waals surface area contributed by atoms with Crippen molar-refractivity contribution in [2.45, 2.75) is 35.5 Å². The predicted molar refractivity (Wildman–Crippen MR) is 132 cm³/mol. The monoisotopic (exact) mass is 467 g/mol. The molecule has 8 heteroatoms. The third kappa shape index (κ3) is 5.43. The van der Waals surface area contributed by atoms with Gasteiger partial charge in [0.2, 0.25) is 5.91 Å². The summed E-state index contributed by atoms with van der Waals surface area (Å²) >= 11 is 2.89. The lowest BCUT2D eigenvalue weighted by atomic mass is 10.2. The molecule has 2 heterocycles. The summed E-state index contributed by atoms with van der Waals surface area (Å²) in [7, 11) is 0. The van der Waals surface area contributed by atoms with E-state index in [1.165, 1.54) is 11.8 Å². The molecule has 1 amide bonds. The fraction of sp³-hybridized carbons (Fsp3) is 0.292. The molecule has 3 aromatic rings. The maximum Gasteiger partial charge on any atom is 0.262 e. The SMILES string of the molecule is C=CCSc1ccccc1NC(=O)CSc1nc2ccccc2c(=O)n1CC1CCCO1. The van der Waals surface area contributed by atoms with Crippen molar-refractivity contribution in [3.05, 3.63) is 71.5 Å². The number of nitrogens with one attached hydrogen (secondary N) is 1. The molecule has 1 aliphatic heterocycles. The number of amides is 1. The second kappa shape index (κ2) is 10.8. The maximum atomic E-state index is 13.2. The maximum absolute atomic E-state index is 13.2. The van der Waals surface area contributed by atoms with E-state index in [0.29, 0.717) is 29.2 Å². The van der Waals surface area contributed by atoms with Gasteiger partial charge in [0.05, 0.1) is 35.0 Å². The van der Waals surface area contributed by atoms with Crippen LogP contribution in [0.5, 0.6) is 0 Å². The molecule has 2 aromatic carbocycles. The molecule has 1 unspecified atom stereocenters. The van der Waals surface area contributed by atoms with Crippen molar-refractivity contribution in [2.24, 2.45) is 0 Å². The molecule has 0 saturated carbocycles. The number of ether oxygens (including phenoxy) is 1. The average Bonchev–Trinajstić information content (AvgIpc) is 3.32. The highest BCUT2D eigenvalue weighted by molar-refractivity contribution is 8.00. The van der Waals surface area contributed by atoms with Gasteiger partial charge >= 0.3 is 0 Å². The quantitative estimate of drug-likeness (QED) is 0.282. The second-order valence-electron chi connectivity index (χ2n) is 7.40. The normalized spacial score (nSPS) is 15.7. The van der Waals surface area contributed by atoms with Gasteiger partial charge in [-0.05, 0) is 37.1 Å². The molecule has 1 aliphatic rings. The molecule has 1 saturated heterocycles. The van der Waals surface area contributed by atoms with E-state index in [4.69, 9.17) is 9.72 Å². The molecule has 1 atom stereocenters. The zero-order chi connectivity index (χ0) is 22.3. The molecule has 0 aliphatic carbocycles. The van der Waals surface area contributed by atoms with Gasteiger partial charge in [-0.2, -0.15) is 0 Å². The van der Waals surface area contributed by atoms with E-state index in [1.54, 1.807) is 22.4 Å². The summed E-state index contributed by atoms with van der Waals surface area (Å²) in [6.45, 7) is 4.91. The van der Waals surface area contributed by atoms with Crippen LogP contribution in [0.4, 0.5) is 5.69 Å². The molecule has 32 heavy (non-hydrogen) atoms. The van der Waals surface area contributed by atoms with E-state index in [-0.39, 0.29) is 23.3 Å². The minimum absolute atomic E-state index is 0.00222. The van der Waals surface area contributed by atoms with Crippen molar-refractivity contribution >= 4 is 46.0 Å². The number of benzene rings is 2. The van der Waals surface area contributed by atoms with Crippen LogP contribution in [-0.2, 0) is 16.1 Å². The van der Waals surface area contributed by atoms with Crippen LogP contribution < -0.4 is 10.9 Å². The van der Waals surface area contributed by atoms with Gasteiger partial charge in [-0.25, -0.2) is 4.98 Å². The summed E-state index contributed by atoms with van der Waals surface area (Å²) in [6.07, 6.45) is 3.74. The zero-order valence-electron chi connectivity index (χ0n) is 17.7. The van der Waals surface area contributed by atoms with E-state index >= 15 is 0 Å². The molecule has 0 bridgehead atoms. The van der Waals surface area contributed by atoms with Crippen molar-refractivity contribution in [3.63, 3.8) is 0 Å². The Balaban J connectivity index is 1.53. The Morgan fingerprint density at radius 3 is 2.84 bits per heavy atom. The summed E-state index contributed by atoms with van der Waals surface area (Å²) < 4.78 is 7.40. The topological polar surface area (TPSA) is 73.2 Å². The highest BCUT2D eigenvalue weighted by Gasteiger charge is 2.20. The lowest BCUT2D eigenvalue weighted by molar-refractivity contribution is -0.113. The molecule has 1 aromatic heterocycles. The Hall–Kier alpha value is -2.55. The van der Waals surface area contributed by atoms with E-state index < -0.39 is 0 Å². The van der Waals surface area contributed by atoms with Crippen molar-refractivity contribution in [1.29, 1.82) is 0 Å². The second-order valence-corrected chi connectivity index (χ2v) is 9.40. The molecular weight excluding hydrogens is 442 g/mol. The summed E-state index contributed by atoms with van der Waals surface area (Å²) in [5, 5.41) is 4.09. The Kier molecular flexibility index (Phi) is 7.68. The van der Waals surface area contributed by atoms with E-state index in [0.717, 1.165) is 29.2 Å². The van der Waals surface area contributed by atoms with E-state index in [1.807, 2.05) is 48.5 Å². The molecule has 1 N–H and O–H groups in total. The third-order valence-electron chi connectivity index (χ3n) is 5.09. The van der Waals surface area contributed by atoms with Crippen LogP contribution in [0.3, 0.4) is 0 Å². The number of thioether (sulfide) groups is 2. The number of hydrogen-bond donors (Lipinski definition) is 1. The largest absolute Gasteiger partial charge is 0.376 e. The number of hydrogen-bond acceptors (Lipinski definition) is 6. The summed E-state index contributed by atoms with van der Waals surface area (Å²) in [5.41, 5.74) is 1.31. The number of para-hydroxylation sites is 2. The van der Waals surface area contributed by atoms with Crippen LogP contribution >= 0.6 is 23.5 Å². The van der Waals surface area contributed by atoms with Crippen molar-refractivity contribution in [1.82, 2.24) is 9.55 Å². The summed E-state index contributed by atoms with van der Waals surface area (Å²) in [5.74, 6) is 0.766. The lowest BCUT2D eigenvalue weighted by Gasteiger charge is -2.16. The Bertz CT molecular complexity index is 1170. The van der Waals surface area contributed by atoms with Gasteiger partial charge in [0.1, 0.15) is 0 Å². The Morgan fingerprint density at radius 2 is 2.03 bits per heavy atom. The molecular formula is C24H25N3O3S2. The Labute approximate surface area is 195 Å². The first kappa shape index (κ1) is 22.6. The molecule has 4 rings (SSSR count). The number of nitrogens with zero attached hydrogens (tertiary/aromatic N) is 2. The predicted octanol–water partition coefficient (Wildman–Crippen LogP) is 4.58. The minimum atomic E-state index is -0.146. The third-order valence-corrected chi connectivity index (χ3v) is 7.13. The lowest BCUT2D eigenvalue weighted by Crippen LogP contribution is -2.29. The van der Waals surface area contributed by atoms with E-state index in [2.05, 4.69) is 11.9 Å². The van der Waals surface area contributed by atoms with Crippen molar-refractivity contribution in [2.75, 3.05) is 23.4 Å². The van der Waals surface area contributed by atoms with Crippen LogP contribution in [-0.4, -0.2) is 39.7 Å². The highest BCUT2D eigenvalue weighted by Crippen LogP contribution is 2.27. The molecule has 1 fully saturated rings. The molecule has 0 spiro atoms. The Morgan fingerprint density at radius 1 is 1.22 bits per heavy atom. The number of fused-ring (bicyclic) bond motifs is 1. The number of anilines is 1. The van der Waals surface area contributed by atoms with Crippen LogP contribution in [0.15, 0.2) is 76.0 Å². The van der Waals surface area contributed by atoms with Crippen molar-refractivity contribution < 1.29 is 9.53 Å². The molecule has 0 radical (unpaired) electrons. The van der Waals surface area contributed by atoms with Gasteiger partial charge in [0.25, 0.3) is 5.56 Å². The van der Waals surface area contributed by atoms with Crippen LogP contribution in [0, 0.1) is 0 Å². The number of carbonyl (C=O) groups excluding carboxylic acids is 1. The first-order valence-electron chi connectivity index (χ1n) is 10.5.